The maximum Gasteiger partial charge on any atom is 0.287 e. The standard InChI is InChI=1S/C16H20O2/c1-11-10-14(18-15(11)17-5)12-6-8-13(9-7-12)16(2,3)4/h6-10H,1-5H3. The van der Waals surface area contributed by atoms with Crippen LogP contribution in [0.25, 0.3) is 11.3 Å². The molecule has 0 saturated carbocycles. The van der Waals surface area contributed by atoms with Crippen LogP contribution in [0.2, 0.25) is 0 Å². The van der Waals surface area contributed by atoms with E-state index in [4.69, 9.17) is 9.15 Å². The maximum absolute atomic E-state index is 5.65. The fraction of sp³-hybridized carbons (Fsp3) is 0.375. The lowest BCUT2D eigenvalue weighted by atomic mass is 9.86. The van der Waals surface area contributed by atoms with E-state index in [0.29, 0.717) is 5.95 Å². The first-order chi connectivity index (χ1) is 8.41. The van der Waals surface area contributed by atoms with Crippen LogP contribution in [0.3, 0.4) is 0 Å². The largest absolute Gasteiger partial charge is 0.468 e. The normalized spacial score (nSPS) is 11.6. The number of benzene rings is 1. The van der Waals surface area contributed by atoms with Crippen LogP contribution in [0, 0.1) is 6.92 Å². The average molecular weight is 244 g/mol. The molecule has 0 atom stereocenters. The van der Waals surface area contributed by atoms with E-state index in [1.165, 1.54) is 5.56 Å². The lowest BCUT2D eigenvalue weighted by molar-refractivity contribution is 0.306. The van der Waals surface area contributed by atoms with Gasteiger partial charge in [-0.1, -0.05) is 45.0 Å². The van der Waals surface area contributed by atoms with Crippen LogP contribution in [-0.4, -0.2) is 7.11 Å². The molecule has 0 amide bonds. The van der Waals surface area contributed by atoms with Gasteiger partial charge in [0.2, 0.25) is 0 Å². The second kappa shape index (κ2) is 4.52. The number of ether oxygens (including phenoxy) is 1. The summed E-state index contributed by atoms with van der Waals surface area (Å²) in [5.41, 5.74) is 3.60. The summed E-state index contributed by atoms with van der Waals surface area (Å²) in [6, 6.07) is 10.5. The molecule has 1 aromatic heterocycles. The molecule has 96 valence electrons. The Labute approximate surface area is 109 Å². The van der Waals surface area contributed by atoms with Crippen LogP contribution in [-0.2, 0) is 5.41 Å². The Morgan fingerprint density at radius 1 is 1.06 bits per heavy atom. The Hall–Kier alpha value is -1.70. The van der Waals surface area contributed by atoms with Crippen LogP contribution < -0.4 is 4.74 Å². The molecule has 18 heavy (non-hydrogen) atoms. The summed E-state index contributed by atoms with van der Waals surface area (Å²) < 4.78 is 10.8. The maximum atomic E-state index is 5.65. The first-order valence-electron chi connectivity index (χ1n) is 6.17. The molecule has 2 rings (SSSR count). The minimum atomic E-state index is 0.176. The molecule has 2 heteroatoms. The van der Waals surface area contributed by atoms with E-state index in [2.05, 4.69) is 45.0 Å². The minimum Gasteiger partial charge on any atom is -0.468 e. The van der Waals surface area contributed by atoms with Crippen molar-refractivity contribution in [3.05, 3.63) is 41.5 Å². The van der Waals surface area contributed by atoms with Gasteiger partial charge in [0.25, 0.3) is 5.95 Å². The Bertz CT molecular complexity index is 527. The van der Waals surface area contributed by atoms with Gasteiger partial charge >= 0.3 is 0 Å². The predicted octanol–water partition coefficient (Wildman–Crippen LogP) is 4.56. The summed E-state index contributed by atoms with van der Waals surface area (Å²) in [7, 11) is 1.62. The lowest BCUT2D eigenvalue weighted by Gasteiger charge is -2.18. The molecule has 0 unspecified atom stereocenters. The molecule has 0 aliphatic rings. The zero-order valence-corrected chi connectivity index (χ0v) is 11.7. The molecule has 1 aromatic carbocycles. The van der Waals surface area contributed by atoms with Crippen LogP contribution >= 0.6 is 0 Å². The van der Waals surface area contributed by atoms with Gasteiger partial charge in [-0.05, 0) is 24.0 Å². The molecular formula is C16H20O2. The highest BCUT2D eigenvalue weighted by Crippen LogP contribution is 2.31. The third-order valence-electron chi connectivity index (χ3n) is 3.09. The summed E-state index contributed by atoms with van der Waals surface area (Å²) in [5.74, 6) is 1.44. The predicted molar refractivity (Wildman–Crippen MR) is 74.1 cm³/mol. The zero-order chi connectivity index (χ0) is 13.3. The highest BCUT2D eigenvalue weighted by Gasteiger charge is 2.14. The van der Waals surface area contributed by atoms with E-state index in [1.807, 2.05) is 13.0 Å². The summed E-state index contributed by atoms with van der Waals surface area (Å²) in [4.78, 5) is 0. The zero-order valence-electron chi connectivity index (χ0n) is 11.7. The van der Waals surface area contributed by atoms with E-state index >= 15 is 0 Å². The molecule has 2 aromatic rings. The van der Waals surface area contributed by atoms with Gasteiger partial charge in [0, 0.05) is 11.1 Å². The summed E-state index contributed by atoms with van der Waals surface area (Å²) in [6.07, 6.45) is 0. The second-order valence-corrected chi connectivity index (χ2v) is 5.61. The van der Waals surface area contributed by atoms with E-state index in [9.17, 15) is 0 Å². The van der Waals surface area contributed by atoms with Crippen molar-refractivity contribution in [1.29, 1.82) is 0 Å². The molecule has 0 spiro atoms. The smallest absolute Gasteiger partial charge is 0.287 e. The Morgan fingerprint density at radius 3 is 2.11 bits per heavy atom. The summed E-state index contributed by atoms with van der Waals surface area (Å²) in [5, 5.41) is 0. The molecule has 0 N–H and O–H groups in total. The van der Waals surface area contributed by atoms with Crippen molar-refractivity contribution in [3.8, 4) is 17.3 Å². The van der Waals surface area contributed by atoms with Gasteiger partial charge < -0.3 is 9.15 Å². The number of methoxy groups -OCH3 is 1. The summed E-state index contributed by atoms with van der Waals surface area (Å²) >= 11 is 0. The lowest BCUT2D eigenvalue weighted by Crippen LogP contribution is -2.10. The fourth-order valence-corrected chi connectivity index (χ4v) is 1.94. The third-order valence-corrected chi connectivity index (χ3v) is 3.09. The van der Waals surface area contributed by atoms with E-state index in [0.717, 1.165) is 16.9 Å². The number of hydrogen-bond donors (Lipinski definition) is 0. The van der Waals surface area contributed by atoms with Gasteiger partial charge in [-0.3, -0.25) is 0 Å². The van der Waals surface area contributed by atoms with Gasteiger partial charge in [-0.15, -0.1) is 0 Å². The molecule has 0 aliphatic carbocycles. The molecule has 1 heterocycles. The van der Waals surface area contributed by atoms with Crippen LogP contribution in [0.1, 0.15) is 31.9 Å². The molecule has 2 nitrogen and oxygen atoms in total. The van der Waals surface area contributed by atoms with Crippen LogP contribution in [0.4, 0.5) is 0 Å². The number of aryl methyl sites for hydroxylation is 1. The van der Waals surface area contributed by atoms with E-state index in [1.54, 1.807) is 7.11 Å². The van der Waals surface area contributed by atoms with Gasteiger partial charge in [0.05, 0.1) is 7.11 Å². The van der Waals surface area contributed by atoms with Crippen LogP contribution in [0.15, 0.2) is 34.7 Å². The van der Waals surface area contributed by atoms with Gasteiger partial charge in [-0.2, -0.15) is 0 Å². The molecule has 0 aliphatic heterocycles. The molecule has 0 saturated heterocycles. The first kappa shape index (κ1) is 12.7. The van der Waals surface area contributed by atoms with Crippen molar-refractivity contribution < 1.29 is 9.15 Å². The molecule has 0 fully saturated rings. The highest BCUT2D eigenvalue weighted by molar-refractivity contribution is 5.60. The number of hydrogen-bond acceptors (Lipinski definition) is 2. The Kier molecular flexibility index (Phi) is 3.20. The van der Waals surface area contributed by atoms with Gasteiger partial charge in [0.1, 0.15) is 5.76 Å². The van der Waals surface area contributed by atoms with Crippen molar-refractivity contribution in [2.24, 2.45) is 0 Å². The monoisotopic (exact) mass is 244 g/mol. The van der Waals surface area contributed by atoms with E-state index in [-0.39, 0.29) is 5.41 Å². The SMILES string of the molecule is COc1oc(-c2ccc(C(C)(C)C)cc2)cc1C. The van der Waals surface area contributed by atoms with Crippen LogP contribution in [0.5, 0.6) is 5.95 Å². The number of furan rings is 1. The summed E-state index contributed by atoms with van der Waals surface area (Å²) in [6.45, 7) is 8.61. The first-order valence-corrected chi connectivity index (χ1v) is 6.17. The topological polar surface area (TPSA) is 22.4 Å². The fourth-order valence-electron chi connectivity index (χ4n) is 1.94. The minimum absolute atomic E-state index is 0.176. The second-order valence-electron chi connectivity index (χ2n) is 5.61. The van der Waals surface area contributed by atoms with Gasteiger partial charge in [0.15, 0.2) is 0 Å². The van der Waals surface area contributed by atoms with Crippen molar-refractivity contribution >= 4 is 0 Å². The molecule has 0 radical (unpaired) electrons. The number of rotatable bonds is 2. The Morgan fingerprint density at radius 2 is 1.67 bits per heavy atom. The van der Waals surface area contributed by atoms with Crippen molar-refractivity contribution in [2.45, 2.75) is 33.1 Å². The molecule has 0 bridgehead atoms. The van der Waals surface area contributed by atoms with Crippen molar-refractivity contribution in [3.63, 3.8) is 0 Å². The average Bonchev–Trinajstić information content (AvgIpc) is 2.69. The molecular weight excluding hydrogens is 224 g/mol. The van der Waals surface area contributed by atoms with Gasteiger partial charge in [-0.25, -0.2) is 0 Å². The van der Waals surface area contributed by atoms with E-state index < -0.39 is 0 Å². The highest BCUT2D eigenvalue weighted by atomic mass is 16.6. The van der Waals surface area contributed by atoms with Crippen molar-refractivity contribution in [1.82, 2.24) is 0 Å². The Balaban J connectivity index is 2.34. The van der Waals surface area contributed by atoms with Crippen molar-refractivity contribution in [2.75, 3.05) is 7.11 Å². The quantitative estimate of drug-likeness (QED) is 0.772. The third kappa shape index (κ3) is 2.42.